The van der Waals surface area contributed by atoms with Gasteiger partial charge in [-0.05, 0) is 40.5 Å². The number of aryl methyl sites for hydroxylation is 1. The van der Waals surface area contributed by atoms with Crippen LogP contribution in [0.25, 0.3) is 0 Å². The Labute approximate surface area is 108 Å². The van der Waals surface area contributed by atoms with Gasteiger partial charge in [0.2, 0.25) is 0 Å². The molecule has 4 heteroatoms. The van der Waals surface area contributed by atoms with Crippen LogP contribution in [0.1, 0.15) is 44.3 Å². The van der Waals surface area contributed by atoms with Crippen LogP contribution in [0.2, 0.25) is 0 Å². The molecular weight excluding hydrogens is 232 g/mol. The Bertz CT molecular complexity index is 369. The first-order chi connectivity index (χ1) is 8.05. The molecule has 96 valence electrons. The molecule has 1 fully saturated rings. The maximum atomic E-state index is 5.68. The Morgan fingerprint density at radius 1 is 1.59 bits per heavy atom. The minimum absolute atomic E-state index is 0.0624. The van der Waals surface area contributed by atoms with E-state index >= 15 is 0 Å². The van der Waals surface area contributed by atoms with Gasteiger partial charge in [-0.3, -0.25) is 0 Å². The van der Waals surface area contributed by atoms with E-state index in [1.807, 2.05) is 0 Å². The van der Waals surface area contributed by atoms with Gasteiger partial charge in [0.1, 0.15) is 5.01 Å². The zero-order chi connectivity index (χ0) is 12.5. The minimum atomic E-state index is 0.0624. The predicted molar refractivity (Wildman–Crippen MR) is 71.4 cm³/mol. The van der Waals surface area contributed by atoms with E-state index in [1.165, 1.54) is 5.01 Å². The lowest BCUT2D eigenvalue weighted by atomic mass is 9.74. The van der Waals surface area contributed by atoms with Gasteiger partial charge >= 0.3 is 0 Å². The van der Waals surface area contributed by atoms with E-state index in [-0.39, 0.29) is 5.54 Å². The largest absolute Gasteiger partial charge is 0.378 e. The molecule has 0 aliphatic heterocycles. The fourth-order valence-corrected chi connectivity index (χ4v) is 3.53. The Hall–Kier alpha value is -0.450. The highest BCUT2D eigenvalue weighted by Gasteiger charge is 2.48. The van der Waals surface area contributed by atoms with Crippen molar-refractivity contribution in [2.45, 2.75) is 58.2 Å². The average molecular weight is 254 g/mol. The molecule has 1 saturated carbocycles. The number of aromatic nitrogens is 1. The summed E-state index contributed by atoms with van der Waals surface area (Å²) in [6.45, 7) is 9.30. The summed E-state index contributed by atoms with van der Waals surface area (Å²) in [4.78, 5) is 4.65. The second-order valence-electron chi connectivity index (χ2n) is 5.16. The summed E-state index contributed by atoms with van der Waals surface area (Å²) in [7, 11) is 0. The van der Waals surface area contributed by atoms with Crippen LogP contribution in [0.15, 0.2) is 5.38 Å². The number of hydrogen-bond donors (Lipinski definition) is 1. The lowest BCUT2D eigenvalue weighted by molar-refractivity contribution is -0.0564. The second kappa shape index (κ2) is 5.04. The van der Waals surface area contributed by atoms with Crippen molar-refractivity contribution in [3.63, 3.8) is 0 Å². The molecule has 1 aromatic heterocycles. The molecule has 0 saturated heterocycles. The highest BCUT2D eigenvalue weighted by molar-refractivity contribution is 7.09. The Balaban J connectivity index is 2.10. The molecule has 1 aliphatic rings. The van der Waals surface area contributed by atoms with Crippen molar-refractivity contribution in [3.8, 4) is 0 Å². The average Bonchev–Trinajstić information content (AvgIpc) is 2.61. The fraction of sp³-hybridized carbons (Fsp3) is 0.769. The molecule has 17 heavy (non-hydrogen) atoms. The fourth-order valence-electron chi connectivity index (χ4n) is 2.55. The molecule has 1 aliphatic carbocycles. The van der Waals surface area contributed by atoms with Gasteiger partial charge in [-0.15, -0.1) is 11.3 Å². The van der Waals surface area contributed by atoms with E-state index in [1.54, 1.807) is 11.3 Å². The van der Waals surface area contributed by atoms with Crippen LogP contribution >= 0.6 is 11.3 Å². The molecule has 0 bridgehead atoms. The topological polar surface area (TPSA) is 34.1 Å². The van der Waals surface area contributed by atoms with Crippen LogP contribution in [0.4, 0.5) is 0 Å². The van der Waals surface area contributed by atoms with Gasteiger partial charge in [0.15, 0.2) is 0 Å². The zero-order valence-corrected chi connectivity index (χ0v) is 11.9. The van der Waals surface area contributed by atoms with E-state index in [0.717, 1.165) is 25.1 Å². The summed E-state index contributed by atoms with van der Waals surface area (Å²) in [6, 6.07) is 0.474. The lowest BCUT2D eigenvalue weighted by Gasteiger charge is -2.47. The molecule has 0 radical (unpaired) electrons. The Morgan fingerprint density at radius 3 is 2.76 bits per heavy atom. The highest BCUT2D eigenvalue weighted by Crippen LogP contribution is 2.44. The molecule has 0 aromatic carbocycles. The van der Waals surface area contributed by atoms with E-state index in [0.29, 0.717) is 12.1 Å². The van der Waals surface area contributed by atoms with Crippen LogP contribution in [-0.2, 0) is 10.3 Å². The van der Waals surface area contributed by atoms with Crippen LogP contribution in [0.5, 0.6) is 0 Å². The normalized spacial score (nSPS) is 28.4. The van der Waals surface area contributed by atoms with Crippen LogP contribution < -0.4 is 5.32 Å². The van der Waals surface area contributed by atoms with Crippen molar-refractivity contribution >= 4 is 11.3 Å². The number of nitrogens with one attached hydrogen (secondary N) is 1. The SMILES string of the molecule is CCOC1CC(NC(C)C)(c2nc(C)cs2)C1. The van der Waals surface area contributed by atoms with Gasteiger partial charge in [-0.2, -0.15) is 0 Å². The molecule has 0 amide bonds. The molecule has 1 N–H and O–H groups in total. The lowest BCUT2D eigenvalue weighted by Crippen LogP contribution is -2.57. The molecule has 3 nitrogen and oxygen atoms in total. The highest BCUT2D eigenvalue weighted by atomic mass is 32.1. The number of hydrogen-bond acceptors (Lipinski definition) is 4. The standard InChI is InChI=1S/C13H22N2OS/c1-5-16-11-6-13(7-11,15-9(2)3)12-14-10(4)8-17-12/h8-9,11,15H,5-7H2,1-4H3. The van der Waals surface area contributed by atoms with Crippen LogP contribution in [0.3, 0.4) is 0 Å². The van der Waals surface area contributed by atoms with Gasteiger partial charge in [-0.1, -0.05) is 0 Å². The molecule has 0 atom stereocenters. The van der Waals surface area contributed by atoms with Crippen molar-refractivity contribution in [3.05, 3.63) is 16.1 Å². The number of ether oxygens (including phenoxy) is 1. The summed E-state index contributed by atoms with van der Waals surface area (Å²) in [5, 5.41) is 7.03. The summed E-state index contributed by atoms with van der Waals surface area (Å²) < 4.78 is 5.68. The maximum absolute atomic E-state index is 5.68. The van der Waals surface area contributed by atoms with Crippen LogP contribution in [-0.4, -0.2) is 23.7 Å². The van der Waals surface area contributed by atoms with Crippen LogP contribution in [0, 0.1) is 6.92 Å². The van der Waals surface area contributed by atoms with E-state index in [9.17, 15) is 0 Å². The molecule has 2 rings (SSSR count). The van der Waals surface area contributed by atoms with Crippen molar-refractivity contribution in [2.24, 2.45) is 0 Å². The van der Waals surface area contributed by atoms with E-state index < -0.39 is 0 Å². The molecular formula is C13H22N2OS. The van der Waals surface area contributed by atoms with Gasteiger partial charge in [-0.25, -0.2) is 4.98 Å². The third-order valence-corrected chi connectivity index (χ3v) is 4.31. The quantitative estimate of drug-likeness (QED) is 0.877. The van der Waals surface area contributed by atoms with Crippen molar-refractivity contribution in [1.82, 2.24) is 10.3 Å². The third kappa shape index (κ3) is 2.69. The smallest absolute Gasteiger partial charge is 0.113 e. The molecule has 1 aromatic rings. The Morgan fingerprint density at radius 2 is 2.29 bits per heavy atom. The monoisotopic (exact) mass is 254 g/mol. The summed E-state index contributed by atoms with van der Waals surface area (Å²) >= 11 is 1.77. The molecule has 1 heterocycles. The zero-order valence-electron chi connectivity index (χ0n) is 11.1. The minimum Gasteiger partial charge on any atom is -0.378 e. The van der Waals surface area contributed by atoms with E-state index in [2.05, 4.69) is 43.4 Å². The first-order valence-corrected chi connectivity index (χ1v) is 7.25. The predicted octanol–water partition coefficient (Wildman–Crippen LogP) is 2.84. The summed E-state index contributed by atoms with van der Waals surface area (Å²) in [5.74, 6) is 0. The van der Waals surface area contributed by atoms with Gasteiger partial charge in [0.25, 0.3) is 0 Å². The Kier molecular flexibility index (Phi) is 3.85. The van der Waals surface area contributed by atoms with Crippen molar-refractivity contribution in [1.29, 1.82) is 0 Å². The van der Waals surface area contributed by atoms with Crippen molar-refractivity contribution in [2.75, 3.05) is 6.61 Å². The second-order valence-corrected chi connectivity index (χ2v) is 6.02. The third-order valence-electron chi connectivity index (χ3n) is 3.15. The van der Waals surface area contributed by atoms with Gasteiger partial charge in [0, 0.05) is 23.7 Å². The first kappa shape index (κ1) is 13.0. The summed E-state index contributed by atoms with van der Waals surface area (Å²) in [5.41, 5.74) is 1.18. The van der Waals surface area contributed by atoms with Gasteiger partial charge < -0.3 is 10.1 Å². The van der Waals surface area contributed by atoms with Gasteiger partial charge in [0.05, 0.1) is 11.6 Å². The summed E-state index contributed by atoms with van der Waals surface area (Å²) in [6.07, 6.45) is 2.49. The van der Waals surface area contributed by atoms with Crippen molar-refractivity contribution < 1.29 is 4.74 Å². The number of thiazole rings is 1. The number of nitrogens with zero attached hydrogens (tertiary/aromatic N) is 1. The maximum Gasteiger partial charge on any atom is 0.113 e. The molecule has 0 spiro atoms. The molecule has 0 unspecified atom stereocenters. The first-order valence-electron chi connectivity index (χ1n) is 6.37. The number of rotatable bonds is 5. The van der Waals surface area contributed by atoms with E-state index in [4.69, 9.17) is 4.74 Å².